The third-order valence-corrected chi connectivity index (χ3v) is 3.50. The first-order valence-corrected chi connectivity index (χ1v) is 6.82. The summed E-state index contributed by atoms with van der Waals surface area (Å²) < 4.78 is 15.9. The van der Waals surface area contributed by atoms with Gasteiger partial charge < -0.3 is 13.9 Å². The van der Waals surface area contributed by atoms with Crippen LogP contribution < -0.4 is 4.74 Å². The quantitative estimate of drug-likeness (QED) is 0.541. The van der Waals surface area contributed by atoms with E-state index in [1.54, 1.807) is 43.6 Å². The summed E-state index contributed by atoms with van der Waals surface area (Å²) >= 11 is 5.80. The van der Waals surface area contributed by atoms with Crippen molar-refractivity contribution >= 4 is 28.5 Å². The van der Waals surface area contributed by atoms with Gasteiger partial charge in [-0.2, -0.15) is 0 Å². The normalized spacial score (nSPS) is 10.7. The SMILES string of the molecule is COC(=O)c1c(-c2ccc(Cl)nc2)oc2ccc(OC)cc12. The van der Waals surface area contributed by atoms with E-state index in [1.165, 1.54) is 7.11 Å². The van der Waals surface area contributed by atoms with Crippen LogP contribution in [0.4, 0.5) is 0 Å². The van der Waals surface area contributed by atoms with Gasteiger partial charge in [-0.25, -0.2) is 9.78 Å². The molecule has 22 heavy (non-hydrogen) atoms. The second kappa shape index (κ2) is 5.69. The number of fused-ring (bicyclic) bond motifs is 1. The lowest BCUT2D eigenvalue weighted by Gasteiger charge is -2.02. The van der Waals surface area contributed by atoms with E-state index in [4.69, 9.17) is 25.5 Å². The number of ether oxygens (including phenoxy) is 2. The fourth-order valence-electron chi connectivity index (χ4n) is 2.22. The number of methoxy groups -OCH3 is 2. The highest BCUT2D eigenvalue weighted by Gasteiger charge is 2.23. The molecule has 1 aromatic carbocycles. The van der Waals surface area contributed by atoms with Gasteiger partial charge in [-0.1, -0.05) is 11.6 Å². The summed E-state index contributed by atoms with van der Waals surface area (Å²) in [6.07, 6.45) is 1.55. The van der Waals surface area contributed by atoms with Crippen molar-refractivity contribution < 1.29 is 18.7 Å². The fourth-order valence-corrected chi connectivity index (χ4v) is 2.33. The van der Waals surface area contributed by atoms with E-state index in [2.05, 4.69) is 4.98 Å². The minimum Gasteiger partial charge on any atom is -0.497 e. The van der Waals surface area contributed by atoms with Crippen LogP contribution in [0.15, 0.2) is 40.9 Å². The lowest BCUT2D eigenvalue weighted by molar-refractivity contribution is 0.0603. The molecule has 3 aromatic rings. The molecule has 0 spiro atoms. The molecule has 0 bridgehead atoms. The summed E-state index contributed by atoms with van der Waals surface area (Å²) in [6.45, 7) is 0. The highest BCUT2D eigenvalue weighted by molar-refractivity contribution is 6.29. The maximum absolute atomic E-state index is 12.2. The van der Waals surface area contributed by atoms with Crippen molar-refractivity contribution in [3.63, 3.8) is 0 Å². The lowest BCUT2D eigenvalue weighted by Crippen LogP contribution is -2.02. The van der Waals surface area contributed by atoms with Gasteiger partial charge in [-0.3, -0.25) is 0 Å². The fraction of sp³-hybridized carbons (Fsp3) is 0.125. The Morgan fingerprint density at radius 3 is 2.68 bits per heavy atom. The van der Waals surface area contributed by atoms with Gasteiger partial charge in [0.2, 0.25) is 0 Å². The van der Waals surface area contributed by atoms with E-state index in [0.29, 0.717) is 38.8 Å². The van der Waals surface area contributed by atoms with Crippen LogP contribution in [-0.4, -0.2) is 25.2 Å². The van der Waals surface area contributed by atoms with Gasteiger partial charge in [0.25, 0.3) is 0 Å². The van der Waals surface area contributed by atoms with Gasteiger partial charge in [-0.15, -0.1) is 0 Å². The summed E-state index contributed by atoms with van der Waals surface area (Å²) in [4.78, 5) is 16.2. The first kappa shape index (κ1) is 14.4. The number of carbonyl (C=O) groups excluding carboxylic acids is 1. The molecule has 6 heteroatoms. The van der Waals surface area contributed by atoms with E-state index >= 15 is 0 Å². The number of hydrogen-bond acceptors (Lipinski definition) is 5. The molecular formula is C16H12ClNO4. The maximum Gasteiger partial charge on any atom is 0.342 e. The molecule has 0 atom stereocenters. The molecule has 0 fully saturated rings. The molecule has 3 rings (SSSR count). The zero-order valence-corrected chi connectivity index (χ0v) is 12.7. The highest BCUT2D eigenvalue weighted by Crippen LogP contribution is 2.35. The van der Waals surface area contributed by atoms with Crippen molar-refractivity contribution in [3.05, 3.63) is 47.2 Å². The molecular weight excluding hydrogens is 306 g/mol. The smallest absolute Gasteiger partial charge is 0.342 e. The molecule has 0 aliphatic heterocycles. The number of aromatic nitrogens is 1. The highest BCUT2D eigenvalue weighted by atomic mass is 35.5. The largest absolute Gasteiger partial charge is 0.497 e. The third kappa shape index (κ3) is 2.40. The Bertz CT molecular complexity index is 839. The average molecular weight is 318 g/mol. The lowest BCUT2D eigenvalue weighted by atomic mass is 10.1. The zero-order valence-electron chi connectivity index (χ0n) is 11.9. The number of rotatable bonds is 3. The van der Waals surface area contributed by atoms with E-state index in [0.717, 1.165) is 0 Å². The Kier molecular flexibility index (Phi) is 3.73. The summed E-state index contributed by atoms with van der Waals surface area (Å²) in [7, 11) is 2.88. The van der Waals surface area contributed by atoms with Gasteiger partial charge in [0.15, 0.2) is 5.76 Å². The zero-order chi connectivity index (χ0) is 15.7. The average Bonchev–Trinajstić information content (AvgIpc) is 2.93. The number of halogens is 1. The molecule has 0 unspecified atom stereocenters. The first-order valence-electron chi connectivity index (χ1n) is 6.45. The van der Waals surface area contributed by atoms with E-state index < -0.39 is 5.97 Å². The minimum atomic E-state index is -0.489. The van der Waals surface area contributed by atoms with E-state index in [1.807, 2.05) is 0 Å². The van der Waals surface area contributed by atoms with Crippen LogP contribution in [0.3, 0.4) is 0 Å². The van der Waals surface area contributed by atoms with Crippen molar-refractivity contribution in [3.8, 4) is 17.1 Å². The number of carbonyl (C=O) groups is 1. The molecule has 0 aliphatic carbocycles. The number of nitrogens with zero attached hydrogens (tertiary/aromatic N) is 1. The number of furan rings is 1. The molecule has 2 aromatic heterocycles. The van der Waals surface area contributed by atoms with Crippen molar-refractivity contribution in [2.45, 2.75) is 0 Å². The monoisotopic (exact) mass is 317 g/mol. The predicted octanol–water partition coefficient (Wildman–Crippen LogP) is 3.94. The number of hydrogen-bond donors (Lipinski definition) is 0. The molecule has 0 radical (unpaired) electrons. The van der Waals surface area contributed by atoms with E-state index in [-0.39, 0.29) is 0 Å². The summed E-state index contributed by atoms with van der Waals surface area (Å²) in [6, 6.07) is 8.60. The Hall–Kier alpha value is -2.53. The Labute approximate surface area is 131 Å². The Balaban J connectivity index is 2.28. The number of benzene rings is 1. The van der Waals surface area contributed by atoms with Crippen molar-refractivity contribution in [1.82, 2.24) is 4.98 Å². The molecule has 2 heterocycles. The van der Waals surface area contributed by atoms with Crippen molar-refractivity contribution in [2.75, 3.05) is 14.2 Å². The molecule has 112 valence electrons. The number of esters is 1. The topological polar surface area (TPSA) is 61.6 Å². The van der Waals surface area contributed by atoms with Crippen LogP contribution in [0.2, 0.25) is 5.15 Å². The third-order valence-electron chi connectivity index (χ3n) is 3.27. The molecule has 0 N–H and O–H groups in total. The van der Waals surface area contributed by atoms with Crippen LogP contribution >= 0.6 is 11.6 Å². The van der Waals surface area contributed by atoms with E-state index in [9.17, 15) is 4.79 Å². The summed E-state index contributed by atoms with van der Waals surface area (Å²) in [5.74, 6) is 0.524. The van der Waals surface area contributed by atoms with Crippen LogP contribution in [-0.2, 0) is 4.74 Å². The molecule has 5 nitrogen and oxygen atoms in total. The van der Waals surface area contributed by atoms with Gasteiger partial charge in [0.05, 0.1) is 14.2 Å². The van der Waals surface area contributed by atoms with Gasteiger partial charge in [-0.05, 0) is 30.3 Å². The molecule has 0 aliphatic rings. The maximum atomic E-state index is 12.2. The van der Waals surface area contributed by atoms with Crippen LogP contribution in [0.5, 0.6) is 5.75 Å². The van der Waals surface area contributed by atoms with Gasteiger partial charge in [0.1, 0.15) is 22.0 Å². The van der Waals surface area contributed by atoms with Crippen molar-refractivity contribution in [1.29, 1.82) is 0 Å². The van der Waals surface area contributed by atoms with Gasteiger partial charge >= 0.3 is 5.97 Å². The molecule has 0 saturated carbocycles. The van der Waals surface area contributed by atoms with Crippen LogP contribution in [0.1, 0.15) is 10.4 Å². The Morgan fingerprint density at radius 2 is 2.05 bits per heavy atom. The van der Waals surface area contributed by atoms with Crippen LogP contribution in [0.25, 0.3) is 22.3 Å². The first-order chi connectivity index (χ1) is 10.6. The van der Waals surface area contributed by atoms with Gasteiger partial charge in [0, 0.05) is 17.1 Å². The second-order valence-corrected chi connectivity index (χ2v) is 4.92. The number of pyridine rings is 1. The standard InChI is InChI=1S/C16H12ClNO4/c1-20-10-4-5-12-11(7-10)14(16(19)21-2)15(22-12)9-3-6-13(17)18-8-9/h3-8H,1-2H3. The molecule has 0 saturated heterocycles. The Morgan fingerprint density at radius 1 is 1.23 bits per heavy atom. The second-order valence-electron chi connectivity index (χ2n) is 4.53. The predicted molar refractivity (Wildman–Crippen MR) is 82.3 cm³/mol. The van der Waals surface area contributed by atoms with Crippen molar-refractivity contribution in [2.24, 2.45) is 0 Å². The minimum absolute atomic E-state index is 0.334. The molecule has 0 amide bonds. The summed E-state index contributed by atoms with van der Waals surface area (Å²) in [5, 5.41) is 0.984. The van der Waals surface area contributed by atoms with Crippen LogP contribution in [0, 0.1) is 0 Å². The summed E-state index contributed by atoms with van der Waals surface area (Å²) in [5.41, 5.74) is 1.53.